The first kappa shape index (κ1) is 27.0. The van der Waals surface area contributed by atoms with Crippen molar-refractivity contribution in [3.8, 4) is 0 Å². The van der Waals surface area contributed by atoms with E-state index >= 15 is 4.39 Å². The minimum Gasteiger partial charge on any atom is -0.374 e. The Labute approximate surface area is 209 Å². The topological polar surface area (TPSA) is 92.8 Å². The molecule has 13 heteroatoms. The van der Waals surface area contributed by atoms with Crippen molar-refractivity contribution < 1.29 is 44.7 Å². The van der Waals surface area contributed by atoms with Gasteiger partial charge in [0.1, 0.15) is 11.9 Å². The van der Waals surface area contributed by atoms with Gasteiger partial charge < -0.3 is 15.0 Å². The van der Waals surface area contributed by atoms with Crippen LogP contribution < -0.4 is 5.32 Å². The second-order valence-electron chi connectivity index (χ2n) is 9.16. The third-order valence-corrected chi connectivity index (χ3v) is 7.56. The number of nitrogens with zero attached hydrogens (tertiary/aromatic N) is 1. The van der Waals surface area contributed by atoms with Crippen molar-refractivity contribution in [2.24, 2.45) is 0 Å². The zero-order chi connectivity index (χ0) is 27.2. The molecule has 2 aromatic carbocycles. The first-order chi connectivity index (χ1) is 17.2. The van der Waals surface area contributed by atoms with Crippen molar-refractivity contribution in [2.75, 3.05) is 26.0 Å². The maximum absolute atomic E-state index is 15.4. The zero-order valence-corrected chi connectivity index (χ0v) is 20.3. The van der Waals surface area contributed by atoms with Crippen LogP contribution in [0.1, 0.15) is 40.4 Å². The second kappa shape index (κ2) is 9.67. The standard InChI is InChI=1S/C24H23F5N2O5S/c1-37(34,35)16-5-2-4-14(10-16)22(33)31-9-3-6-19(31)21(32)30-20(23(26)12-36-13-23)17-8-7-15(11-18(17)25)24(27,28)29/h2,4-5,7-8,10-11,19-20H,3,6,9,12-13H2,1H3,(H,30,32)/t19-,20?/m1/s1. The fourth-order valence-electron chi connectivity index (χ4n) is 4.43. The number of ether oxygens (including phenoxy) is 1. The fourth-order valence-corrected chi connectivity index (χ4v) is 5.10. The van der Waals surface area contributed by atoms with Crippen LogP contribution in [0.5, 0.6) is 0 Å². The molecule has 0 spiro atoms. The maximum atomic E-state index is 15.4. The van der Waals surface area contributed by atoms with Crippen molar-refractivity contribution in [2.45, 2.75) is 41.7 Å². The summed E-state index contributed by atoms with van der Waals surface area (Å²) in [5.41, 5.74) is -3.99. The van der Waals surface area contributed by atoms with Gasteiger partial charge in [0.15, 0.2) is 15.5 Å². The Bertz CT molecular complexity index is 1330. The van der Waals surface area contributed by atoms with E-state index in [1.807, 2.05) is 0 Å². The van der Waals surface area contributed by atoms with Crippen molar-refractivity contribution >= 4 is 21.7 Å². The van der Waals surface area contributed by atoms with Crippen LogP contribution in [-0.2, 0) is 25.5 Å². The molecule has 2 saturated heterocycles. The smallest absolute Gasteiger partial charge is 0.374 e. The molecule has 4 rings (SSSR count). The van der Waals surface area contributed by atoms with E-state index in [2.05, 4.69) is 5.32 Å². The largest absolute Gasteiger partial charge is 0.416 e. The Morgan fingerprint density at radius 1 is 1.16 bits per heavy atom. The molecule has 0 aromatic heterocycles. The van der Waals surface area contributed by atoms with Gasteiger partial charge in [-0.25, -0.2) is 17.2 Å². The first-order valence-corrected chi connectivity index (χ1v) is 13.1. The Hall–Kier alpha value is -3.06. The van der Waals surface area contributed by atoms with Crippen LogP contribution in [0.25, 0.3) is 0 Å². The van der Waals surface area contributed by atoms with E-state index in [-0.39, 0.29) is 29.5 Å². The number of likely N-dealkylation sites (tertiary alicyclic amines) is 1. The predicted octanol–water partition coefficient (Wildman–Crippen LogP) is 3.45. The summed E-state index contributed by atoms with van der Waals surface area (Å²) in [5.74, 6) is -2.79. The lowest BCUT2D eigenvalue weighted by atomic mass is 9.87. The van der Waals surface area contributed by atoms with Gasteiger partial charge in [-0.3, -0.25) is 9.59 Å². The van der Waals surface area contributed by atoms with Crippen molar-refractivity contribution in [3.63, 3.8) is 0 Å². The number of hydrogen-bond acceptors (Lipinski definition) is 5. The van der Waals surface area contributed by atoms with Gasteiger partial charge in [-0.05, 0) is 43.2 Å². The number of hydrogen-bond donors (Lipinski definition) is 1. The summed E-state index contributed by atoms with van der Waals surface area (Å²) < 4.78 is 97.7. The number of halogens is 5. The third kappa shape index (κ3) is 5.47. The van der Waals surface area contributed by atoms with Crippen molar-refractivity contribution in [1.29, 1.82) is 0 Å². The molecule has 0 radical (unpaired) electrons. The van der Waals surface area contributed by atoms with Crippen molar-refractivity contribution in [3.05, 3.63) is 65.0 Å². The number of rotatable bonds is 6. The molecular weight excluding hydrogens is 523 g/mol. The van der Waals surface area contributed by atoms with E-state index < -0.39 is 75.7 Å². The van der Waals surface area contributed by atoms with Crippen LogP contribution in [-0.4, -0.2) is 62.9 Å². The molecule has 37 heavy (non-hydrogen) atoms. The van der Waals surface area contributed by atoms with E-state index in [1.54, 1.807) is 0 Å². The van der Waals surface area contributed by atoms with E-state index in [0.29, 0.717) is 12.5 Å². The molecule has 7 nitrogen and oxygen atoms in total. The minimum absolute atomic E-state index is 0.0299. The van der Waals surface area contributed by atoms with Crippen LogP contribution >= 0.6 is 0 Å². The van der Waals surface area contributed by atoms with E-state index in [9.17, 15) is 35.6 Å². The molecule has 0 saturated carbocycles. The number of amides is 2. The molecule has 2 heterocycles. The lowest BCUT2D eigenvalue weighted by Gasteiger charge is -2.41. The van der Waals surface area contributed by atoms with Crippen LogP contribution in [0.2, 0.25) is 0 Å². The monoisotopic (exact) mass is 546 g/mol. The molecule has 2 atom stereocenters. The molecule has 1 unspecified atom stereocenters. The molecule has 0 aliphatic carbocycles. The highest BCUT2D eigenvalue weighted by Gasteiger charge is 2.50. The van der Waals surface area contributed by atoms with Crippen LogP contribution in [0.4, 0.5) is 22.0 Å². The van der Waals surface area contributed by atoms with Gasteiger partial charge in [0, 0.05) is 23.9 Å². The Balaban J connectivity index is 1.59. The number of nitrogens with one attached hydrogen (secondary N) is 1. The quantitative estimate of drug-likeness (QED) is 0.561. The van der Waals surface area contributed by atoms with Gasteiger partial charge >= 0.3 is 6.18 Å². The summed E-state index contributed by atoms with van der Waals surface area (Å²) in [6.07, 6.45) is -3.22. The van der Waals surface area contributed by atoms with E-state index in [1.165, 1.54) is 29.2 Å². The van der Waals surface area contributed by atoms with Crippen LogP contribution in [0.3, 0.4) is 0 Å². The summed E-state index contributed by atoms with van der Waals surface area (Å²) in [6.45, 7) is -0.864. The molecular formula is C24H23F5N2O5S. The zero-order valence-electron chi connectivity index (χ0n) is 19.5. The average molecular weight is 547 g/mol. The molecule has 2 amide bonds. The maximum Gasteiger partial charge on any atom is 0.416 e. The number of benzene rings is 2. The fraction of sp³-hybridized carbons (Fsp3) is 0.417. The predicted molar refractivity (Wildman–Crippen MR) is 121 cm³/mol. The van der Waals surface area contributed by atoms with E-state index in [0.717, 1.165) is 12.3 Å². The Morgan fingerprint density at radius 2 is 1.86 bits per heavy atom. The average Bonchev–Trinajstić information content (AvgIpc) is 3.30. The van der Waals surface area contributed by atoms with Gasteiger partial charge in [0.2, 0.25) is 5.91 Å². The lowest BCUT2D eigenvalue weighted by molar-refractivity contribution is -0.155. The minimum atomic E-state index is -4.82. The molecule has 2 fully saturated rings. The molecule has 200 valence electrons. The summed E-state index contributed by atoms with van der Waals surface area (Å²) in [5, 5.41) is 2.38. The summed E-state index contributed by atoms with van der Waals surface area (Å²) in [4.78, 5) is 27.5. The number of carbonyl (C=O) groups excluding carboxylic acids is 2. The highest BCUT2D eigenvalue weighted by molar-refractivity contribution is 7.90. The number of carbonyl (C=O) groups is 2. The second-order valence-corrected chi connectivity index (χ2v) is 11.2. The van der Waals surface area contributed by atoms with Crippen LogP contribution in [0.15, 0.2) is 47.4 Å². The van der Waals surface area contributed by atoms with Gasteiger partial charge in [-0.1, -0.05) is 12.1 Å². The van der Waals surface area contributed by atoms with Gasteiger partial charge in [-0.15, -0.1) is 0 Å². The number of sulfone groups is 1. The van der Waals surface area contributed by atoms with Gasteiger partial charge in [-0.2, -0.15) is 13.2 Å². The van der Waals surface area contributed by atoms with Gasteiger partial charge in [0.25, 0.3) is 5.91 Å². The third-order valence-electron chi connectivity index (χ3n) is 6.45. The normalized spacial score (nSPS) is 20.3. The SMILES string of the molecule is CS(=O)(=O)c1cccc(C(=O)N2CCC[C@@H]2C(=O)NC(c2ccc(C(F)(F)F)cc2F)C2(F)COC2)c1. The highest BCUT2D eigenvalue weighted by atomic mass is 32.2. The first-order valence-electron chi connectivity index (χ1n) is 11.3. The van der Waals surface area contributed by atoms with E-state index in [4.69, 9.17) is 4.74 Å². The Kier molecular flexibility index (Phi) is 7.06. The molecule has 1 N–H and O–H groups in total. The molecule has 2 aliphatic rings. The van der Waals surface area contributed by atoms with Crippen molar-refractivity contribution in [1.82, 2.24) is 10.2 Å². The highest BCUT2D eigenvalue weighted by Crippen LogP contribution is 2.39. The number of alkyl halides is 4. The van der Waals surface area contributed by atoms with Crippen LogP contribution in [0, 0.1) is 5.82 Å². The molecule has 0 bridgehead atoms. The van der Waals surface area contributed by atoms with Gasteiger partial charge in [0.05, 0.1) is 29.7 Å². The summed E-state index contributed by atoms with van der Waals surface area (Å²) in [7, 11) is -3.60. The summed E-state index contributed by atoms with van der Waals surface area (Å²) in [6, 6.07) is 4.16. The Morgan fingerprint density at radius 3 is 2.43 bits per heavy atom. The summed E-state index contributed by atoms with van der Waals surface area (Å²) >= 11 is 0. The lowest BCUT2D eigenvalue weighted by Crippen LogP contribution is -2.58. The molecule has 2 aromatic rings. The molecule has 2 aliphatic heterocycles.